The summed E-state index contributed by atoms with van der Waals surface area (Å²) in [6.07, 6.45) is 4.02. The number of hydrogen-bond donors (Lipinski definition) is 0. The number of rotatable bonds is 2. The Morgan fingerprint density at radius 2 is 1.63 bits per heavy atom. The lowest BCUT2D eigenvalue weighted by Gasteiger charge is -2.27. The van der Waals surface area contributed by atoms with Crippen LogP contribution in [0, 0.1) is 5.82 Å². The third-order valence-electron chi connectivity index (χ3n) is 3.76. The third-order valence-corrected chi connectivity index (χ3v) is 5.65. The van der Waals surface area contributed by atoms with E-state index < -0.39 is 15.8 Å². The molecule has 0 spiro atoms. The second-order valence-corrected chi connectivity index (χ2v) is 7.01. The first-order valence-electron chi connectivity index (χ1n) is 6.53. The van der Waals surface area contributed by atoms with Gasteiger partial charge in [0.25, 0.3) is 0 Å². The van der Waals surface area contributed by atoms with Gasteiger partial charge in [0.05, 0.1) is 4.90 Å². The summed E-state index contributed by atoms with van der Waals surface area (Å²) in [6, 6.07) is 5.23. The van der Waals surface area contributed by atoms with E-state index in [9.17, 15) is 12.8 Å². The molecule has 0 atom stereocenters. The fourth-order valence-corrected chi connectivity index (χ4v) is 4.02. The van der Waals surface area contributed by atoms with Crippen LogP contribution in [0.15, 0.2) is 40.3 Å². The average molecular weight is 281 g/mol. The van der Waals surface area contributed by atoms with Crippen LogP contribution in [0.2, 0.25) is 0 Å². The van der Waals surface area contributed by atoms with E-state index >= 15 is 0 Å². The Hall–Kier alpha value is -1.20. The van der Waals surface area contributed by atoms with Crippen LogP contribution in [0.3, 0.4) is 0 Å². The normalized spacial score (nSPS) is 20.7. The van der Waals surface area contributed by atoms with E-state index in [1.807, 2.05) is 0 Å². The lowest BCUT2D eigenvalue weighted by Crippen LogP contribution is -2.36. The van der Waals surface area contributed by atoms with Crippen LogP contribution in [0.25, 0.3) is 0 Å². The molecule has 2 aliphatic rings. The van der Waals surface area contributed by atoms with Crippen molar-refractivity contribution in [3.05, 3.63) is 41.2 Å². The van der Waals surface area contributed by atoms with Gasteiger partial charge < -0.3 is 0 Å². The number of sulfonamides is 1. The van der Waals surface area contributed by atoms with Gasteiger partial charge in [0.15, 0.2) is 0 Å². The maximum atomic E-state index is 13.2. The van der Waals surface area contributed by atoms with Crippen LogP contribution < -0.4 is 0 Å². The first kappa shape index (κ1) is 12.8. The van der Waals surface area contributed by atoms with Gasteiger partial charge in [-0.15, -0.1) is 0 Å². The van der Waals surface area contributed by atoms with E-state index in [-0.39, 0.29) is 4.90 Å². The molecule has 0 bridgehead atoms. The Bertz CT molecular complexity index is 621. The second-order valence-electron chi connectivity index (χ2n) is 5.07. The fourth-order valence-electron chi connectivity index (χ4n) is 2.54. The third kappa shape index (κ3) is 2.58. The minimum Gasteiger partial charge on any atom is -0.207 e. The standard InChI is InChI=1S/C14H16FNO2S/c15-13-2-1-3-14(10-13)19(17,18)16-8-6-12(7-9-16)11-4-5-11/h1-3,10H,4-9H2. The summed E-state index contributed by atoms with van der Waals surface area (Å²) >= 11 is 0. The summed E-state index contributed by atoms with van der Waals surface area (Å²) in [5.74, 6) is -0.515. The molecular formula is C14H16FNO2S. The molecular weight excluding hydrogens is 265 g/mol. The molecule has 0 radical (unpaired) electrons. The average Bonchev–Trinajstić information content (AvgIpc) is 3.23. The molecule has 1 saturated carbocycles. The van der Waals surface area contributed by atoms with Crippen LogP contribution >= 0.6 is 0 Å². The van der Waals surface area contributed by atoms with Crippen molar-refractivity contribution in [2.45, 2.75) is 30.6 Å². The second kappa shape index (κ2) is 4.72. The summed E-state index contributed by atoms with van der Waals surface area (Å²) in [5.41, 5.74) is 2.95. The van der Waals surface area contributed by atoms with Crippen molar-refractivity contribution in [3.63, 3.8) is 0 Å². The van der Waals surface area contributed by atoms with Crippen LogP contribution in [0.4, 0.5) is 4.39 Å². The Kier molecular flexibility index (Phi) is 3.19. The summed E-state index contributed by atoms with van der Waals surface area (Å²) in [7, 11) is -3.54. The van der Waals surface area contributed by atoms with E-state index in [2.05, 4.69) is 0 Å². The molecule has 102 valence electrons. The molecule has 2 fully saturated rings. The molecule has 1 aliphatic heterocycles. The van der Waals surface area contributed by atoms with Gasteiger partial charge >= 0.3 is 0 Å². The number of halogens is 1. The number of allylic oxidation sites excluding steroid dienone is 1. The van der Waals surface area contributed by atoms with E-state index in [1.54, 1.807) is 0 Å². The molecule has 0 aromatic heterocycles. The number of hydrogen-bond acceptors (Lipinski definition) is 2. The quantitative estimate of drug-likeness (QED) is 0.782. The number of nitrogens with zero attached hydrogens (tertiary/aromatic N) is 1. The van der Waals surface area contributed by atoms with Gasteiger partial charge in [0, 0.05) is 13.1 Å². The highest BCUT2D eigenvalue weighted by molar-refractivity contribution is 7.89. The molecule has 1 heterocycles. The zero-order valence-corrected chi connectivity index (χ0v) is 11.4. The van der Waals surface area contributed by atoms with E-state index in [1.165, 1.54) is 46.5 Å². The molecule has 0 N–H and O–H groups in total. The van der Waals surface area contributed by atoms with E-state index in [4.69, 9.17) is 0 Å². The fraction of sp³-hybridized carbons (Fsp3) is 0.429. The van der Waals surface area contributed by atoms with Gasteiger partial charge in [-0.05, 0) is 43.9 Å². The molecule has 1 saturated heterocycles. The predicted molar refractivity (Wildman–Crippen MR) is 70.7 cm³/mol. The Morgan fingerprint density at radius 3 is 2.21 bits per heavy atom. The van der Waals surface area contributed by atoms with Crippen molar-refractivity contribution < 1.29 is 12.8 Å². The molecule has 5 heteroatoms. The van der Waals surface area contributed by atoms with Crippen molar-refractivity contribution in [1.82, 2.24) is 4.31 Å². The number of benzene rings is 1. The Balaban J connectivity index is 1.80. The van der Waals surface area contributed by atoms with Gasteiger partial charge in [-0.25, -0.2) is 12.8 Å². The summed E-state index contributed by atoms with van der Waals surface area (Å²) in [4.78, 5) is 0.0509. The number of piperidine rings is 1. The Labute approximate surface area is 112 Å². The summed E-state index contributed by atoms with van der Waals surface area (Å²) in [5, 5.41) is 0. The SMILES string of the molecule is O=S(=O)(c1cccc(F)c1)N1CCC(=C2CC2)CC1. The molecule has 0 amide bonds. The predicted octanol–water partition coefficient (Wildman–Crippen LogP) is 2.70. The van der Waals surface area contributed by atoms with Crippen LogP contribution in [0.5, 0.6) is 0 Å². The smallest absolute Gasteiger partial charge is 0.207 e. The topological polar surface area (TPSA) is 37.4 Å². The van der Waals surface area contributed by atoms with Crippen LogP contribution in [-0.2, 0) is 10.0 Å². The highest BCUT2D eigenvalue weighted by Crippen LogP contribution is 2.36. The minimum absolute atomic E-state index is 0.0509. The largest absolute Gasteiger partial charge is 0.243 e. The first-order valence-corrected chi connectivity index (χ1v) is 7.97. The minimum atomic E-state index is -3.54. The van der Waals surface area contributed by atoms with Crippen LogP contribution in [0.1, 0.15) is 25.7 Å². The zero-order valence-electron chi connectivity index (χ0n) is 10.6. The summed E-state index contributed by atoms with van der Waals surface area (Å²) < 4.78 is 39.4. The summed E-state index contributed by atoms with van der Waals surface area (Å²) in [6.45, 7) is 1.02. The molecule has 3 nitrogen and oxygen atoms in total. The van der Waals surface area contributed by atoms with Crippen molar-refractivity contribution in [2.75, 3.05) is 13.1 Å². The maximum absolute atomic E-state index is 13.2. The lowest BCUT2D eigenvalue weighted by molar-refractivity contribution is 0.386. The van der Waals surface area contributed by atoms with E-state index in [0.29, 0.717) is 13.1 Å². The lowest BCUT2D eigenvalue weighted by atomic mass is 10.1. The Morgan fingerprint density at radius 1 is 1.00 bits per heavy atom. The van der Waals surface area contributed by atoms with Crippen LogP contribution in [-0.4, -0.2) is 25.8 Å². The molecule has 1 aromatic rings. The molecule has 1 aromatic carbocycles. The van der Waals surface area contributed by atoms with Crippen molar-refractivity contribution in [3.8, 4) is 0 Å². The molecule has 0 unspecified atom stereocenters. The van der Waals surface area contributed by atoms with Crippen molar-refractivity contribution in [2.24, 2.45) is 0 Å². The van der Waals surface area contributed by atoms with Crippen molar-refractivity contribution in [1.29, 1.82) is 0 Å². The van der Waals surface area contributed by atoms with Gasteiger partial charge in [-0.2, -0.15) is 4.31 Å². The highest BCUT2D eigenvalue weighted by atomic mass is 32.2. The first-order chi connectivity index (χ1) is 9.07. The van der Waals surface area contributed by atoms with Gasteiger partial charge in [0.1, 0.15) is 5.82 Å². The zero-order chi connectivity index (χ0) is 13.5. The maximum Gasteiger partial charge on any atom is 0.243 e. The monoisotopic (exact) mass is 281 g/mol. The molecule has 1 aliphatic carbocycles. The van der Waals surface area contributed by atoms with Gasteiger partial charge in [-0.1, -0.05) is 17.2 Å². The van der Waals surface area contributed by atoms with Gasteiger partial charge in [0.2, 0.25) is 10.0 Å². The van der Waals surface area contributed by atoms with Crippen molar-refractivity contribution >= 4 is 10.0 Å². The van der Waals surface area contributed by atoms with Gasteiger partial charge in [-0.3, -0.25) is 0 Å². The molecule has 19 heavy (non-hydrogen) atoms. The molecule has 3 rings (SSSR count). The highest BCUT2D eigenvalue weighted by Gasteiger charge is 2.29. The van der Waals surface area contributed by atoms with E-state index in [0.717, 1.165) is 18.9 Å².